The van der Waals surface area contributed by atoms with Crippen molar-refractivity contribution >= 4 is 11.5 Å². The maximum Gasteiger partial charge on any atom is 0.141 e. The van der Waals surface area contributed by atoms with E-state index in [0.717, 1.165) is 57.3 Å². The number of nitrogens with zero attached hydrogens (tertiary/aromatic N) is 1. The van der Waals surface area contributed by atoms with E-state index in [4.69, 9.17) is 4.84 Å². The van der Waals surface area contributed by atoms with Crippen molar-refractivity contribution in [2.45, 2.75) is 70.5 Å². The van der Waals surface area contributed by atoms with E-state index in [9.17, 15) is 20.1 Å². The van der Waals surface area contributed by atoms with Crippen LogP contribution in [0, 0.1) is 40.4 Å². The summed E-state index contributed by atoms with van der Waals surface area (Å²) in [5, 5.41) is 40.4. The molecule has 0 spiro atoms. The highest BCUT2D eigenvalue weighted by atomic mass is 16.6. The van der Waals surface area contributed by atoms with E-state index < -0.39 is 6.10 Å². The quantitative estimate of drug-likeness (QED) is 0.499. The number of oxime groups is 1. The van der Waals surface area contributed by atoms with Gasteiger partial charge in [0, 0.05) is 49.3 Å². The van der Waals surface area contributed by atoms with Gasteiger partial charge in [-0.2, -0.15) is 0 Å². The summed E-state index contributed by atoms with van der Waals surface area (Å²) >= 11 is 0. The Balaban J connectivity index is 1.44. The van der Waals surface area contributed by atoms with Gasteiger partial charge in [0.15, 0.2) is 0 Å². The van der Waals surface area contributed by atoms with E-state index in [1.54, 1.807) is 0 Å². The number of rotatable bonds is 4. The van der Waals surface area contributed by atoms with Crippen molar-refractivity contribution in [1.29, 1.82) is 0 Å². The van der Waals surface area contributed by atoms with Crippen molar-refractivity contribution in [1.82, 2.24) is 5.32 Å². The number of ketones is 1. The van der Waals surface area contributed by atoms with Crippen LogP contribution < -0.4 is 5.32 Å². The fourth-order valence-electron chi connectivity index (χ4n) is 8.30. The highest BCUT2D eigenvalue weighted by Crippen LogP contribution is 2.66. The first-order valence-electron chi connectivity index (χ1n) is 12.3. The Labute approximate surface area is 184 Å². The van der Waals surface area contributed by atoms with Gasteiger partial charge in [-0.1, -0.05) is 12.1 Å². The number of Topliss-reactive ketones (excluding diaryl/α,β-unsaturated/α-hetero) is 1. The molecular weight excluding hydrogens is 396 g/mol. The van der Waals surface area contributed by atoms with Crippen molar-refractivity contribution in [3.05, 3.63) is 0 Å². The summed E-state index contributed by atoms with van der Waals surface area (Å²) in [5.74, 6) is 0.333. The molecule has 0 radical (unpaired) electrons. The van der Waals surface area contributed by atoms with Crippen LogP contribution in [0.3, 0.4) is 0 Å². The summed E-state index contributed by atoms with van der Waals surface area (Å²) in [4.78, 5) is 18.5. The molecule has 0 bridgehead atoms. The van der Waals surface area contributed by atoms with E-state index in [2.05, 4.69) is 17.4 Å². The number of aliphatic hydroxyl groups excluding tert-OH is 3. The summed E-state index contributed by atoms with van der Waals surface area (Å²) in [7, 11) is 0. The third kappa shape index (κ3) is 3.22. The fourth-order valence-corrected chi connectivity index (χ4v) is 8.30. The SMILES string of the molecule is C[C@]12CCC3C(C1CCC2=O)[C@H](O)[C@H](CO)C1C/C(=N/OC2CCNC2)CCC31CO. The van der Waals surface area contributed by atoms with Crippen LogP contribution in [0.2, 0.25) is 0 Å². The Morgan fingerprint density at radius 2 is 1.97 bits per heavy atom. The number of hydrogen-bond acceptors (Lipinski definition) is 7. The molecule has 31 heavy (non-hydrogen) atoms. The van der Waals surface area contributed by atoms with Gasteiger partial charge in [0.1, 0.15) is 11.9 Å². The van der Waals surface area contributed by atoms with Gasteiger partial charge in [0.05, 0.1) is 11.8 Å². The van der Waals surface area contributed by atoms with Crippen molar-refractivity contribution in [3.63, 3.8) is 0 Å². The molecule has 0 aromatic rings. The molecule has 7 nitrogen and oxygen atoms in total. The molecule has 1 aliphatic heterocycles. The first kappa shape index (κ1) is 21.8. The zero-order chi connectivity index (χ0) is 21.8. The molecule has 5 rings (SSSR count). The van der Waals surface area contributed by atoms with Crippen LogP contribution in [0.1, 0.15) is 58.3 Å². The van der Waals surface area contributed by atoms with E-state index in [-0.39, 0.29) is 59.7 Å². The van der Waals surface area contributed by atoms with E-state index in [1.807, 2.05) is 0 Å². The molecule has 0 aromatic carbocycles. The van der Waals surface area contributed by atoms with Crippen LogP contribution in [0.4, 0.5) is 0 Å². The molecule has 0 aromatic heterocycles. The predicted molar refractivity (Wildman–Crippen MR) is 115 cm³/mol. The molecule has 174 valence electrons. The lowest BCUT2D eigenvalue weighted by atomic mass is 9.42. The minimum Gasteiger partial charge on any atom is -0.396 e. The highest BCUT2D eigenvalue weighted by Gasteiger charge is 2.66. The summed E-state index contributed by atoms with van der Waals surface area (Å²) < 4.78 is 0. The van der Waals surface area contributed by atoms with Crippen molar-refractivity contribution < 1.29 is 25.0 Å². The minimum absolute atomic E-state index is 0.0157. The largest absolute Gasteiger partial charge is 0.396 e. The minimum atomic E-state index is -0.644. The van der Waals surface area contributed by atoms with Crippen LogP contribution in [-0.2, 0) is 9.63 Å². The number of carbonyl (C=O) groups is 1. The molecule has 6 unspecified atom stereocenters. The maximum absolute atomic E-state index is 12.7. The molecule has 9 atom stereocenters. The average Bonchev–Trinajstić information content (AvgIpc) is 3.40. The number of hydrogen-bond donors (Lipinski definition) is 4. The van der Waals surface area contributed by atoms with Crippen LogP contribution in [0.25, 0.3) is 0 Å². The van der Waals surface area contributed by atoms with Gasteiger partial charge in [-0.25, -0.2) is 0 Å². The summed E-state index contributed by atoms with van der Waals surface area (Å²) in [5.41, 5.74) is 0.315. The lowest BCUT2D eigenvalue weighted by Crippen LogP contribution is -2.64. The lowest BCUT2D eigenvalue weighted by molar-refractivity contribution is -0.204. The molecule has 7 heteroatoms. The highest BCUT2D eigenvalue weighted by molar-refractivity contribution is 5.87. The third-order valence-electron chi connectivity index (χ3n) is 10.1. The topological polar surface area (TPSA) is 111 Å². The smallest absolute Gasteiger partial charge is 0.141 e. The molecule has 4 saturated carbocycles. The predicted octanol–water partition coefficient (Wildman–Crippen LogP) is 1.49. The van der Waals surface area contributed by atoms with Gasteiger partial charge < -0.3 is 25.5 Å². The van der Waals surface area contributed by atoms with E-state index in [0.29, 0.717) is 18.6 Å². The van der Waals surface area contributed by atoms with Gasteiger partial charge in [0.2, 0.25) is 0 Å². The van der Waals surface area contributed by atoms with Crippen molar-refractivity contribution in [3.8, 4) is 0 Å². The Morgan fingerprint density at radius 1 is 1.13 bits per heavy atom. The Kier molecular flexibility index (Phi) is 5.69. The van der Waals surface area contributed by atoms with E-state index >= 15 is 0 Å². The van der Waals surface area contributed by atoms with E-state index in [1.165, 1.54) is 0 Å². The molecule has 1 saturated heterocycles. The molecular formula is C24H38N2O5. The Hall–Kier alpha value is -1.02. The second-order valence-electron chi connectivity index (χ2n) is 11.1. The van der Waals surface area contributed by atoms with Crippen LogP contribution in [-0.4, -0.2) is 65.3 Å². The number of carbonyl (C=O) groups excluding carboxylic acids is 1. The van der Waals surface area contributed by atoms with Crippen LogP contribution in [0.15, 0.2) is 5.16 Å². The van der Waals surface area contributed by atoms with Crippen molar-refractivity contribution in [2.24, 2.45) is 45.6 Å². The van der Waals surface area contributed by atoms with Crippen LogP contribution in [0.5, 0.6) is 0 Å². The first-order chi connectivity index (χ1) is 14.9. The zero-order valence-electron chi connectivity index (χ0n) is 18.6. The number of fused-ring (bicyclic) bond motifs is 5. The van der Waals surface area contributed by atoms with Gasteiger partial charge in [-0.05, 0) is 68.7 Å². The molecule has 1 heterocycles. The molecule has 4 aliphatic carbocycles. The monoisotopic (exact) mass is 434 g/mol. The normalized spacial score (nSPS) is 50.8. The first-order valence-corrected chi connectivity index (χ1v) is 12.3. The molecule has 5 fully saturated rings. The van der Waals surface area contributed by atoms with Gasteiger partial charge in [0.25, 0.3) is 0 Å². The summed E-state index contributed by atoms with van der Waals surface area (Å²) in [6.07, 6.45) is 5.82. The van der Waals surface area contributed by atoms with Gasteiger partial charge >= 0.3 is 0 Å². The average molecular weight is 435 g/mol. The van der Waals surface area contributed by atoms with Crippen molar-refractivity contribution in [2.75, 3.05) is 26.3 Å². The summed E-state index contributed by atoms with van der Waals surface area (Å²) in [6.45, 7) is 3.83. The standard InChI is InChI=1S/C24H38N2O5/c1-23-7-5-18-21(17(23)2-3-20(23)29)22(30)16(12-27)19-10-14(4-8-24(18,19)13-28)26-31-15-6-9-25-11-15/h15-19,21-22,25,27-28,30H,2-13H2,1H3/b26-14+/t15?,16-,17?,18?,19?,21?,22-,23+,24?/m1/s1. The Bertz CT molecular complexity index is 737. The molecule has 5 aliphatic rings. The number of nitrogens with one attached hydrogen (secondary N) is 1. The van der Waals surface area contributed by atoms with Crippen LogP contribution >= 0.6 is 0 Å². The fraction of sp³-hybridized carbons (Fsp3) is 0.917. The lowest BCUT2D eigenvalue weighted by Gasteiger charge is -2.63. The maximum atomic E-state index is 12.7. The third-order valence-corrected chi connectivity index (χ3v) is 10.1. The Morgan fingerprint density at radius 3 is 2.68 bits per heavy atom. The summed E-state index contributed by atoms with van der Waals surface area (Å²) in [6, 6.07) is 0. The molecule has 4 N–H and O–H groups in total. The second-order valence-corrected chi connectivity index (χ2v) is 11.1. The number of aliphatic hydroxyl groups is 3. The molecule has 0 amide bonds. The van der Waals surface area contributed by atoms with Gasteiger partial charge in [-0.15, -0.1) is 0 Å². The van der Waals surface area contributed by atoms with Gasteiger partial charge in [-0.3, -0.25) is 4.79 Å². The second kappa shape index (κ2) is 8.08. The zero-order valence-corrected chi connectivity index (χ0v) is 18.6.